The average molecular weight is 314 g/mol. The van der Waals surface area contributed by atoms with Crippen LogP contribution in [0.2, 0.25) is 5.02 Å². The first kappa shape index (κ1) is 13.6. The number of nitrogens with zero attached hydrogens (tertiary/aromatic N) is 2. The van der Waals surface area contributed by atoms with Gasteiger partial charge >= 0.3 is 0 Å². The van der Waals surface area contributed by atoms with Crippen LogP contribution in [-0.2, 0) is 13.5 Å². The molecule has 0 amide bonds. The fourth-order valence-corrected chi connectivity index (χ4v) is 3.37. The molecule has 0 bridgehead atoms. The van der Waals surface area contributed by atoms with Crippen molar-refractivity contribution in [1.82, 2.24) is 9.78 Å². The zero-order chi connectivity index (χ0) is 15.3. The second-order valence-corrected chi connectivity index (χ2v) is 5.99. The van der Waals surface area contributed by atoms with Gasteiger partial charge in [-0.15, -0.1) is 0 Å². The summed E-state index contributed by atoms with van der Waals surface area (Å²) in [5.74, 6) is 0.887. The summed E-state index contributed by atoms with van der Waals surface area (Å²) in [5.41, 5.74) is 9.78. The molecule has 0 radical (unpaired) electrons. The van der Waals surface area contributed by atoms with Gasteiger partial charge < -0.3 is 10.5 Å². The highest BCUT2D eigenvalue weighted by Crippen LogP contribution is 2.42. The normalized spacial score (nSPS) is 16.8. The number of rotatable bonds is 2. The Balaban J connectivity index is 1.97. The molecule has 1 aliphatic rings. The van der Waals surface area contributed by atoms with E-state index >= 15 is 0 Å². The van der Waals surface area contributed by atoms with E-state index in [0.29, 0.717) is 11.6 Å². The van der Waals surface area contributed by atoms with Crippen molar-refractivity contribution in [3.05, 3.63) is 47.0 Å². The minimum absolute atomic E-state index is 0.0431. The van der Waals surface area contributed by atoms with E-state index in [0.717, 1.165) is 34.3 Å². The molecule has 2 aromatic carbocycles. The van der Waals surface area contributed by atoms with E-state index in [9.17, 15) is 0 Å². The SMILES string of the molecule is Cn1nc(-c2cccc3c2O[C@@H](CN)C3)c2c(Cl)cccc21. The van der Waals surface area contributed by atoms with Gasteiger partial charge in [0.1, 0.15) is 17.5 Å². The maximum atomic E-state index is 6.42. The van der Waals surface area contributed by atoms with Crippen LogP contribution in [0.15, 0.2) is 36.4 Å². The van der Waals surface area contributed by atoms with Gasteiger partial charge in [-0.25, -0.2) is 0 Å². The first-order valence-corrected chi connectivity index (χ1v) is 7.67. The number of aromatic nitrogens is 2. The Morgan fingerprint density at radius 3 is 2.95 bits per heavy atom. The molecule has 4 nitrogen and oxygen atoms in total. The Labute approximate surface area is 133 Å². The quantitative estimate of drug-likeness (QED) is 0.790. The van der Waals surface area contributed by atoms with E-state index < -0.39 is 0 Å². The van der Waals surface area contributed by atoms with Gasteiger partial charge in [-0.2, -0.15) is 5.10 Å². The highest BCUT2D eigenvalue weighted by atomic mass is 35.5. The minimum Gasteiger partial charge on any atom is -0.488 e. The van der Waals surface area contributed by atoms with Crippen molar-refractivity contribution in [2.75, 3.05) is 6.54 Å². The monoisotopic (exact) mass is 313 g/mol. The van der Waals surface area contributed by atoms with Gasteiger partial charge in [0.05, 0.1) is 10.5 Å². The number of ether oxygens (including phenoxy) is 1. The topological polar surface area (TPSA) is 53.1 Å². The van der Waals surface area contributed by atoms with Crippen molar-refractivity contribution in [2.24, 2.45) is 12.8 Å². The summed E-state index contributed by atoms with van der Waals surface area (Å²) in [6, 6.07) is 12.0. The molecule has 1 aromatic heterocycles. The van der Waals surface area contributed by atoms with Crippen LogP contribution in [0.3, 0.4) is 0 Å². The second-order valence-electron chi connectivity index (χ2n) is 5.58. The summed E-state index contributed by atoms with van der Waals surface area (Å²) < 4.78 is 7.87. The molecule has 1 aliphatic heterocycles. The van der Waals surface area contributed by atoms with Crippen LogP contribution in [0.4, 0.5) is 0 Å². The van der Waals surface area contributed by atoms with Crippen molar-refractivity contribution in [3.8, 4) is 17.0 Å². The van der Waals surface area contributed by atoms with E-state index in [-0.39, 0.29) is 6.10 Å². The summed E-state index contributed by atoms with van der Waals surface area (Å²) in [6.07, 6.45) is 0.889. The molecule has 0 fully saturated rings. The standard InChI is InChI=1S/C17H16ClN3O/c1-21-14-7-3-6-13(18)15(14)16(20-21)12-5-2-4-10-8-11(9-19)22-17(10)12/h2-7,11H,8-9,19H2,1H3/t11-/m1/s1. The maximum Gasteiger partial charge on any atom is 0.132 e. The average Bonchev–Trinajstić information content (AvgIpc) is 3.09. The van der Waals surface area contributed by atoms with Crippen LogP contribution in [0.1, 0.15) is 5.56 Å². The molecule has 0 saturated heterocycles. The molecule has 2 heterocycles. The molecule has 2 N–H and O–H groups in total. The van der Waals surface area contributed by atoms with Crippen LogP contribution in [0, 0.1) is 0 Å². The zero-order valence-corrected chi connectivity index (χ0v) is 13.0. The molecule has 1 atom stereocenters. The number of halogens is 1. The molecule has 0 unspecified atom stereocenters. The van der Waals surface area contributed by atoms with E-state index in [1.807, 2.05) is 42.1 Å². The Morgan fingerprint density at radius 2 is 2.14 bits per heavy atom. The lowest BCUT2D eigenvalue weighted by atomic mass is 10.0. The van der Waals surface area contributed by atoms with E-state index in [2.05, 4.69) is 11.2 Å². The summed E-state index contributed by atoms with van der Waals surface area (Å²) >= 11 is 6.42. The van der Waals surface area contributed by atoms with Gasteiger partial charge in [-0.05, 0) is 23.8 Å². The molecule has 112 valence electrons. The lowest BCUT2D eigenvalue weighted by molar-refractivity contribution is 0.242. The van der Waals surface area contributed by atoms with Gasteiger partial charge in [0, 0.05) is 31.0 Å². The molecule has 3 aromatic rings. The summed E-state index contributed by atoms with van der Waals surface area (Å²) in [5, 5.41) is 6.33. The number of para-hydroxylation sites is 1. The number of benzene rings is 2. The third-order valence-corrected chi connectivity index (χ3v) is 4.49. The Hall–Kier alpha value is -2.04. The summed E-state index contributed by atoms with van der Waals surface area (Å²) in [6.45, 7) is 0.512. The van der Waals surface area contributed by atoms with Crippen LogP contribution in [-0.4, -0.2) is 22.4 Å². The summed E-state index contributed by atoms with van der Waals surface area (Å²) in [7, 11) is 1.93. The van der Waals surface area contributed by atoms with Crippen molar-refractivity contribution >= 4 is 22.5 Å². The molecule has 4 rings (SSSR count). The van der Waals surface area contributed by atoms with E-state index in [4.69, 9.17) is 22.1 Å². The molecular weight excluding hydrogens is 298 g/mol. The number of fused-ring (bicyclic) bond motifs is 2. The zero-order valence-electron chi connectivity index (χ0n) is 12.2. The minimum atomic E-state index is 0.0431. The largest absolute Gasteiger partial charge is 0.488 e. The van der Waals surface area contributed by atoms with Crippen molar-refractivity contribution in [3.63, 3.8) is 0 Å². The molecule has 0 saturated carbocycles. The third-order valence-electron chi connectivity index (χ3n) is 4.17. The first-order chi connectivity index (χ1) is 10.7. The lowest BCUT2D eigenvalue weighted by Crippen LogP contribution is -2.24. The number of hydrogen-bond acceptors (Lipinski definition) is 3. The number of nitrogens with two attached hydrogens (primary N) is 1. The molecule has 5 heteroatoms. The van der Waals surface area contributed by atoms with Gasteiger partial charge in [0.2, 0.25) is 0 Å². The first-order valence-electron chi connectivity index (χ1n) is 7.29. The van der Waals surface area contributed by atoms with Crippen molar-refractivity contribution in [2.45, 2.75) is 12.5 Å². The molecule has 0 aliphatic carbocycles. The number of hydrogen-bond donors (Lipinski definition) is 1. The predicted molar refractivity (Wildman–Crippen MR) is 88.3 cm³/mol. The van der Waals surface area contributed by atoms with Gasteiger partial charge in [-0.3, -0.25) is 4.68 Å². The maximum absolute atomic E-state index is 6.42. The molecule has 22 heavy (non-hydrogen) atoms. The fourth-order valence-electron chi connectivity index (χ4n) is 3.12. The van der Waals surface area contributed by atoms with Crippen molar-refractivity contribution in [1.29, 1.82) is 0 Å². The third kappa shape index (κ3) is 1.91. The smallest absolute Gasteiger partial charge is 0.132 e. The fraction of sp³-hybridized carbons (Fsp3) is 0.235. The highest BCUT2D eigenvalue weighted by molar-refractivity contribution is 6.36. The lowest BCUT2D eigenvalue weighted by Gasteiger charge is -2.09. The Kier molecular flexibility index (Phi) is 3.10. The second kappa shape index (κ2) is 5.00. The van der Waals surface area contributed by atoms with Crippen LogP contribution in [0.25, 0.3) is 22.2 Å². The Morgan fingerprint density at radius 1 is 1.32 bits per heavy atom. The van der Waals surface area contributed by atoms with Gasteiger partial charge in [0.25, 0.3) is 0 Å². The van der Waals surface area contributed by atoms with E-state index in [1.54, 1.807) is 0 Å². The van der Waals surface area contributed by atoms with Crippen LogP contribution in [0.5, 0.6) is 5.75 Å². The molecule has 0 spiro atoms. The highest BCUT2D eigenvalue weighted by Gasteiger charge is 2.26. The van der Waals surface area contributed by atoms with Crippen LogP contribution < -0.4 is 10.5 Å². The van der Waals surface area contributed by atoms with Crippen molar-refractivity contribution < 1.29 is 4.74 Å². The Bertz CT molecular complexity index is 872. The van der Waals surface area contributed by atoms with Gasteiger partial charge in [-0.1, -0.05) is 29.8 Å². The van der Waals surface area contributed by atoms with Crippen LogP contribution >= 0.6 is 11.6 Å². The predicted octanol–water partition coefficient (Wildman–Crippen LogP) is 3.16. The number of aryl methyl sites for hydroxylation is 1. The summed E-state index contributed by atoms with van der Waals surface area (Å²) in [4.78, 5) is 0. The van der Waals surface area contributed by atoms with E-state index in [1.165, 1.54) is 5.56 Å². The molecular formula is C17H16ClN3O. The van der Waals surface area contributed by atoms with Gasteiger partial charge in [0.15, 0.2) is 0 Å².